The molecule has 0 saturated heterocycles. The average molecular weight is 253 g/mol. The number of nitrogens with zero attached hydrogens (tertiary/aromatic N) is 2. The minimum atomic E-state index is -0.121. The van der Waals surface area contributed by atoms with E-state index in [4.69, 9.17) is 4.52 Å². The highest BCUT2D eigenvalue weighted by molar-refractivity contribution is 5.94. The third-order valence-corrected chi connectivity index (χ3v) is 3.34. The average Bonchev–Trinajstić information content (AvgIpc) is 2.67. The number of nitrogens with one attached hydrogen (secondary N) is 1. The molecule has 0 aliphatic heterocycles. The topological polar surface area (TPSA) is 58.4 Å². The first-order valence-corrected chi connectivity index (χ1v) is 6.52. The molecule has 1 atom stereocenters. The second-order valence-electron chi connectivity index (χ2n) is 4.36. The van der Waals surface area contributed by atoms with Gasteiger partial charge in [-0.3, -0.25) is 15.0 Å². The highest BCUT2D eigenvalue weighted by atomic mass is 16.5. The van der Waals surface area contributed by atoms with Gasteiger partial charge >= 0.3 is 0 Å². The van der Waals surface area contributed by atoms with Gasteiger partial charge in [-0.15, -0.1) is 0 Å². The molecule has 1 amide bonds. The molecule has 5 nitrogen and oxygen atoms in total. The third-order valence-electron chi connectivity index (χ3n) is 3.34. The van der Waals surface area contributed by atoms with Crippen LogP contribution in [-0.2, 0) is 4.79 Å². The molecule has 0 aliphatic carbocycles. The first-order chi connectivity index (χ1) is 8.54. The molecule has 102 valence electrons. The van der Waals surface area contributed by atoms with E-state index in [9.17, 15) is 4.79 Å². The van der Waals surface area contributed by atoms with E-state index in [1.807, 2.05) is 20.8 Å². The van der Waals surface area contributed by atoms with E-state index < -0.39 is 0 Å². The van der Waals surface area contributed by atoms with Crippen molar-refractivity contribution in [3.05, 3.63) is 11.3 Å². The molecule has 5 heteroatoms. The summed E-state index contributed by atoms with van der Waals surface area (Å²) in [4.78, 5) is 14.4. The Morgan fingerprint density at radius 1 is 1.33 bits per heavy atom. The molecule has 0 aromatic carbocycles. The number of carbonyl (C=O) groups excluding carboxylic acids is 1. The molecule has 0 aliphatic rings. The van der Waals surface area contributed by atoms with E-state index in [-0.39, 0.29) is 11.9 Å². The molecule has 1 aromatic rings. The summed E-state index contributed by atoms with van der Waals surface area (Å²) >= 11 is 0. The number of rotatable bonds is 6. The third kappa shape index (κ3) is 3.10. The minimum absolute atomic E-state index is 0.0274. The number of aryl methyl sites for hydroxylation is 1. The van der Waals surface area contributed by atoms with Crippen molar-refractivity contribution in [1.82, 2.24) is 10.1 Å². The number of likely N-dealkylation sites (N-methyl/N-ethyl adjacent to an activating group) is 1. The van der Waals surface area contributed by atoms with E-state index >= 15 is 0 Å². The van der Waals surface area contributed by atoms with Gasteiger partial charge in [-0.05, 0) is 33.4 Å². The maximum absolute atomic E-state index is 12.2. The molecule has 1 heterocycles. The Morgan fingerprint density at radius 3 is 2.33 bits per heavy atom. The van der Waals surface area contributed by atoms with Crippen molar-refractivity contribution in [3.63, 3.8) is 0 Å². The van der Waals surface area contributed by atoms with Gasteiger partial charge in [0, 0.05) is 5.56 Å². The van der Waals surface area contributed by atoms with Gasteiger partial charge in [0.05, 0.1) is 11.7 Å². The zero-order chi connectivity index (χ0) is 13.7. The Kier molecular flexibility index (Phi) is 5.34. The van der Waals surface area contributed by atoms with Crippen molar-refractivity contribution in [2.24, 2.45) is 0 Å². The molecule has 18 heavy (non-hydrogen) atoms. The molecule has 1 unspecified atom stereocenters. The van der Waals surface area contributed by atoms with Crippen molar-refractivity contribution in [3.8, 4) is 0 Å². The second-order valence-corrected chi connectivity index (χ2v) is 4.36. The highest BCUT2D eigenvalue weighted by Crippen LogP contribution is 2.18. The molecular weight excluding hydrogens is 230 g/mol. The Morgan fingerprint density at radius 2 is 1.94 bits per heavy atom. The van der Waals surface area contributed by atoms with Crippen LogP contribution in [0.1, 0.15) is 38.4 Å². The molecule has 0 radical (unpaired) electrons. The largest absolute Gasteiger partial charge is 0.338 e. The number of carbonyl (C=O) groups is 1. The minimum Gasteiger partial charge on any atom is -0.338 e. The number of hydrogen-bond acceptors (Lipinski definition) is 4. The first-order valence-electron chi connectivity index (χ1n) is 6.52. The van der Waals surface area contributed by atoms with Crippen LogP contribution in [-0.4, -0.2) is 35.1 Å². The molecule has 1 rings (SSSR count). The van der Waals surface area contributed by atoms with Crippen LogP contribution in [0.5, 0.6) is 0 Å². The summed E-state index contributed by atoms with van der Waals surface area (Å²) in [5.74, 6) is 0.434. The lowest BCUT2D eigenvalue weighted by Gasteiger charge is -2.27. The van der Waals surface area contributed by atoms with Crippen LogP contribution in [0.2, 0.25) is 0 Å². The Balaban J connectivity index is 2.77. The molecule has 0 bridgehead atoms. The van der Waals surface area contributed by atoms with Crippen LogP contribution in [0.25, 0.3) is 0 Å². The van der Waals surface area contributed by atoms with Crippen LogP contribution in [0.15, 0.2) is 4.52 Å². The van der Waals surface area contributed by atoms with Crippen molar-refractivity contribution >= 4 is 11.8 Å². The van der Waals surface area contributed by atoms with Gasteiger partial charge in [-0.1, -0.05) is 25.9 Å². The number of amides is 1. The molecule has 1 N–H and O–H groups in total. The Bertz CT molecular complexity index is 397. The lowest BCUT2D eigenvalue weighted by Crippen LogP contribution is -2.43. The molecule has 0 spiro atoms. The van der Waals surface area contributed by atoms with Gasteiger partial charge < -0.3 is 4.52 Å². The summed E-state index contributed by atoms with van der Waals surface area (Å²) < 4.78 is 5.11. The molecule has 1 aromatic heterocycles. The van der Waals surface area contributed by atoms with Crippen molar-refractivity contribution in [2.45, 2.75) is 47.1 Å². The maximum atomic E-state index is 12.2. The summed E-state index contributed by atoms with van der Waals surface area (Å²) in [7, 11) is 0. The summed E-state index contributed by atoms with van der Waals surface area (Å²) in [6.07, 6.45) is 0.777. The van der Waals surface area contributed by atoms with E-state index in [1.165, 1.54) is 0 Å². The second kappa shape index (κ2) is 6.54. The fourth-order valence-corrected chi connectivity index (χ4v) is 2.00. The van der Waals surface area contributed by atoms with E-state index in [2.05, 4.69) is 29.2 Å². The van der Waals surface area contributed by atoms with Crippen LogP contribution < -0.4 is 5.32 Å². The Labute approximate surface area is 109 Å². The van der Waals surface area contributed by atoms with Crippen molar-refractivity contribution < 1.29 is 9.32 Å². The first kappa shape index (κ1) is 14.7. The maximum Gasteiger partial charge on any atom is 0.244 e. The van der Waals surface area contributed by atoms with Gasteiger partial charge in [0.25, 0.3) is 0 Å². The van der Waals surface area contributed by atoms with E-state index in [0.717, 1.165) is 30.8 Å². The number of aromatic nitrogens is 1. The Hall–Kier alpha value is -1.36. The van der Waals surface area contributed by atoms with Crippen molar-refractivity contribution in [1.29, 1.82) is 0 Å². The fraction of sp³-hybridized carbons (Fsp3) is 0.692. The van der Waals surface area contributed by atoms with E-state index in [1.54, 1.807) is 0 Å². The molecule has 0 saturated carbocycles. The van der Waals surface area contributed by atoms with Gasteiger partial charge in [0.15, 0.2) is 0 Å². The standard InChI is InChI=1S/C13H23N3O2/c1-6-11(16(7-2)8-3)12(17)14-13-9(4)10(5)15-18-13/h11H,6-8H2,1-5H3,(H,14,17). The van der Waals surface area contributed by atoms with Gasteiger partial charge in [0.2, 0.25) is 11.8 Å². The predicted octanol–water partition coefficient (Wildman–Crippen LogP) is 2.35. The summed E-state index contributed by atoms with van der Waals surface area (Å²) in [5.41, 5.74) is 1.69. The van der Waals surface area contributed by atoms with Crippen LogP contribution in [0, 0.1) is 13.8 Å². The van der Waals surface area contributed by atoms with Crippen LogP contribution in [0.3, 0.4) is 0 Å². The van der Waals surface area contributed by atoms with Crippen LogP contribution in [0.4, 0.5) is 5.88 Å². The van der Waals surface area contributed by atoms with Gasteiger partial charge in [-0.2, -0.15) is 0 Å². The number of anilines is 1. The van der Waals surface area contributed by atoms with Crippen LogP contribution >= 0.6 is 0 Å². The number of hydrogen-bond donors (Lipinski definition) is 1. The molecular formula is C13H23N3O2. The SMILES string of the molecule is CCC(C(=O)Nc1onc(C)c1C)N(CC)CC. The lowest BCUT2D eigenvalue weighted by atomic mass is 10.1. The predicted molar refractivity (Wildman–Crippen MR) is 71.6 cm³/mol. The smallest absolute Gasteiger partial charge is 0.244 e. The van der Waals surface area contributed by atoms with Gasteiger partial charge in [0.1, 0.15) is 0 Å². The molecule has 0 fully saturated rings. The highest BCUT2D eigenvalue weighted by Gasteiger charge is 2.23. The monoisotopic (exact) mass is 253 g/mol. The van der Waals surface area contributed by atoms with Crippen molar-refractivity contribution in [2.75, 3.05) is 18.4 Å². The fourth-order valence-electron chi connectivity index (χ4n) is 2.00. The quantitative estimate of drug-likeness (QED) is 0.845. The van der Waals surface area contributed by atoms with E-state index in [0.29, 0.717) is 5.88 Å². The normalized spacial score (nSPS) is 12.8. The summed E-state index contributed by atoms with van der Waals surface area (Å²) in [5, 5.41) is 6.66. The summed E-state index contributed by atoms with van der Waals surface area (Å²) in [6.45, 7) is 11.6. The van der Waals surface area contributed by atoms with Gasteiger partial charge in [-0.25, -0.2) is 0 Å². The lowest BCUT2D eigenvalue weighted by molar-refractivity contribution is -0.121. The zero-order valence-electron chi connectivity index (χ0n) is 11.9. The zero-order valence-corrected chi connectivity index (χ0v) is 11.9. The summed E-state index contributed by atoms with van der Waals surface area (Å²) in [6, 6.07) is -0.121.